The highest BCUT2D eigenvalue weighted by Crippen LogP contribution is 2.38. The minimum Gasteiger partial charge on any atom is -0.0835 e. The lowest BCUT2D eigenvalue weighted by atomic mass is 9.89. The monoisotopic (exact) mass is 182 g/mol. The van der Waals surface area contributed by atoms with Gasteiger partial charge in [-0.25, -0.2) is 0 Å². The maximum Gasteiger partial charge on any atom is 0.0438 e. The van der Waals surface area contributed by atoms with Crippen LogP contribution in [0.5, 0.6) is 0 Å². The third-order valence-corrected chi connectivity index (χ3v) is 2.61. The maximum absolute atomic E-state index is 3.56. The maximum atomic E-state index is 3.56. The van der Waals surface area contributed by atoms with Crippen LogP contribution < -0.4 is 0 Å². The first-order valence-corrected chi connectivity index (χ1v) is 4.01. The first-order chi connectivity index (χ1) is 4.38. The number of halogens is 1. The van der Waals surface area contributed by atoms with Crippen molar-refractivity contribution in [1.29, 1.82) is 0 Å². The van der Waals surface area contributed by atoms with Gasteiger partial charge in [-0.05, 0) is 17.5 Å². The standard InChI is InChI=1S/C8H7Br/c9-8-5-6-3-1-2-4-7(6)8/h1-4,8H,5H2/t8-/m0/s1. The van der Waals surface area contributed by atoms with Crippen LogP contribution in [0, 0.1) is 0 Å². The fraction of sp³-hybridized carbons (Fsp3) is 0.250. The van der Waals surface area contributed by atoms with E-state index in [0.29, 0.717) is 4.83 Å². The van der Waals surface area contributed by atoms with Crippen LogP contribution in [-0.4, -0.2) is 0 Å². The van der Waals surface area contributed by atoms with Gasteiger partial charge in [0, 0.05) is 4.83 Å². The van der Waals surface area contributed by atoms with E-state index in [-0.39, 0.29) is 0 Å². The molecule has 9 heavy (non-hydrogen) atoms. The van der Waals surface area contributed by atoms with Crippen LogP contribution in [0.2, 0.25) is 0 Å². The Morgan fingerprint density at radius 3 is 2.67 bits per heavy atom. The van der Waals surface area contributed by atoms with Gasteiger partial charge in [0.2, 0.25) is 0 Å². The van der Waals surface area contributed by atoms with Gasteiger partial charge in [-0.3, -0.25) is 0 Å². The summed E-state index contributed by atoms with van der Waals surface area (Å²) in [5.74, 6) is 0. The van der Waals surface area contributed by atoms with Gasteiger partial charge in [-0.1, -0.05) is 40.2 Å². The van der Waals surface area contributed by atoms with Crippen molar-refractivity contribution >= 4 is 15.9 Å². The summed E-state index contributed by atoms with van der Waals surface area (Å²) in [6, 6.07) is 8.55. The van der Waals surface area contributed by atoms with Crippen molar-refractivity contribution < 1.29 is 0 Å². The van der Waals surface area contributed by atoms with Crippen LogP contribution in [0.1, 0.15) is 16.0 Å². The summed E-state index contributed by atoms with van der Waals surface area (Å²) in [7, 11) is 0. The Labute approximate surface area is 63.0 Å². The largest absolute Gasteiger partial charge is 0.0835 e. The van der Waals surface area contributed by atoms with E-state index in [1.54, 1.807) is 0 Å². The van der Waals surface area contributed by atoms with Crippen LogP contribution in [0.25, 0.3) is 0 Å². The van der Waals surface area contributed by atoms with Gasteiger partial charge in [0.1, 0.15) is 0 Å². The summed E-state index contributed by atoms with van der Waals surface area (Å²) in [6.45, 7) is 0. The quantitative estimate of drug-likeness (QED) is 0.542. The van der Waals surface area contributed by atoms with E-state index in [4.69, 9.17) is 0 Å². The van der Waals surface area contributed by atoms with Gasteiger partial charge in [0.05, 0.1) is 0 Å². The Bertz CT molecular complexity index is 230. The summed E-state index contributed by atoms with van der Waals surface area (Å²) in [5, 5.41) is 0. The SMILES string of the molecule is Br[C@H]1Cc2ccccc21. The minimum atomic E-state index is 0.633. The second-order valence-corrected chi connectivity index (χ2v) is 3.48. The average Bonchev–Trinajstić information content (AvgIpc) is 1.86. The Morgan fingerprint density at radius 1 is 1.33 bits per heavy atom. The molecule has 0 fully saturated rings. The molecule has 1 aliphatic rings. The molecule has 0 nitrogen and oxygen atoms in total. The molecule has 0 aromatic heterocycles. The molecule has 0 bridgehead atoms. The second-order valence-electron chi connectivity index (χ2n) is 2.37. The van der Waals surface area contributed by atoms with Gasteiger partial charge in [0.25, 0.3) is 0 Å². The predicted octanol–water partition coefficient (Wildman–Crippen LogP) is 2.68. The van der Waals surface area contributed by atoms with E-state index < -0.39 is 0 Å². The molecule has 46 valence electrons. The third-order valence-electron chi connectivity index (χ3n) is 1.79. The number of hydrogen-bond donors (Lipinski definition) is 0. The van der Waals surface area contributed by atoms with Gasteiger partial charge in [-0.15, -0.1) is 0 Å². The van der Waals surface area contributed by atoms with E-state index >= 15 is 0 Å². The number of benzene rings is 1. The molecule has 0 aliphatic heterocycles. The highest BCUT2D eigenvalue weighted by Gasteiger charge is 2.21. The molecule has 0 radical (unpaired) electrons. The normalized spacial score (nSPS) is 22.6. The Hall–Kier alpha value is -0.300. The molecule has 0 spiro atoms. The predicted molar refractivity (Wildman–Crippen MR) is 41.8 cm³/mol. The number of fused-ring (bicyclic) bond motifs is 1. The first kappa shape index (κ1) is 5.48. The summed E-state index contributed by atoms with van der Waals surface area (Å²) < 4.78 is 0. The van der Waals surface area contributed by atoms with Crippen molar-refractivity contribution in [2.75, 3.05) is 0 Å². The first-order valence-electron chi connectivity index (χ1n) is 3.10. The number of rotatable bonds is 0. The zero-order chi connectivity index (χ0) is 6.27. The van der Waals surface area contributed by atoms with Crippen LogP contribution in [0.3, 0.4) is 0 Å². The molecule has 2 rings (SSSR count). The van der Waals surface area contributed by atoms with Gasteiger partial charge in [-0.2, -0.15) is 0 Å². The summed E-state index contributed by atoms with van der Waals surface area (Å²) in [6.07, 6.45) is 1.20. The molecule has 0 unspecified atom stereocenters. The van der Waals surface area contributed by atoms with Crippen molar-refractivity contribution in [2.45, 2.75) is 11.2 Å². The minimum absolute atomic E-state index is 0.633. The van der Waals surface area contributed by atoms with Gasteiger partial charge < -0.3 is 0 Å². The van der Waals surface area contributed by atoms with E-state index in [9.17, 15) is 0 Å². The smallest absolute Gasteiger partial charge is 0.0438 e. The Kier molecular flexibility index (Phi) is 1.12. The molecular formula is C8H7Br. The lowest BCUT2D eigenvalue weighted by Gasteiger charge is -2.24. The molecule has 0 heterocycles. The Balaban J connectivity index is 2.51. The molecule has 1 heteroatoms. The van der Waals surface area contributed by atoms with Crippen molar-refractivity contribution in [1.82, 2.24) is 0 Å². The molecule has 0 saturated heterocycles. The molecular weight excluding hydrogens is 176 g/mol. The average molecular weight is 183 g/mol. The third kappa shape index (κ3) is 0.715. The van der Waals surface area contributed by atoms with Crippen molar-refractivity contribution in [3.8, 4) is 0 Å². The van der Waals surface area contributed by atoms with E-state index in [1.807, 2.05) is 0 Å². The number of alkyl halides is 1. The van der Waals surface area contributed by atoms with E-state index in [2.05, 4.69) is 40.2 Å². The fourth-order valence-corrected chi connectivity index (χ4v) is 1.99. The molecule has 1 aliphatic carbocycles. The van der Waals surface area contributed by atoms with Crippen molar-refractivity contribution in [2.24, 2.45) is 0 Å². The Morgan fingerprint density at radius 2 is 2.11 bits per heavy atom. The van der Waals surface area contributed by atoms with E-state index in [1.165, 1.54) is 17.5 Å². The summed E-state index contributed by atoms with van der Waals surface area (Å²) in [4.78, 5) is 0.633. The molecule has 0 amide bonds. The highest BCUT2D eigenvalue weighted by molar-refractivity contribution is 9.09. The topological polar surface area (TPSA) is 0 Å². The van der Waals surface area contributed by atoms with Crippen LogP contribution >= 0.6 is 15.9 Å². The van der Waals surface area contributed by atoms with Gasteiger partial charge >= 0.3 is 0 Å². The molecule has 0 saturated carbocycles. The van der Waals surface area contributed by atoms with E-state index in [0.717, 1.165) is 0 Å². The summed E-state index contributed by atoms with van der Waals surface area (Å²) >= 11 is 3.56. The summed E-state index contributed by atoms with van der Waals surface area (Å²) in [5.41, 5.74) is 2.97. The number of hydrogen-bond acceptors (Lipinski definition) is 0. The zero-order valence-corrected chi connectivity index (χ0v) is 6.56. The molecule has 1 atom stereocenters. The lowest BCUT2D eigenvalue weighted by molar-refractivity contribution is 0.830. The second kappa shape index (κ2) is 1.84. The molecule has 0 N–H and O–H groups in total. The fourth-order valence-electron chi connectivity index (χ4n) is 1.20. The van der Waals surface area contributed by atoms with Crippen LogP contribution in [-0.2, 0) is 6.42 Å². The van der Waals surface area contributed by atoms with Gasteiger partial charge in [0.15, 0.2) is 0 Å². The zero-order valence-electron chi connectivity index (χ0n) is 4.97. The lowest BCUT2D eigenvalue weighted by Crippen LogP contribution is -2.10. The van der Waals surface area contributed by atoms with Crippen molar-refractivity contribution in [3.05, 3.63) is 35.4 Å². The van der Waals surface area contributed by atoms with Crippen LogP contribution in [0.4, 0.5) is 0 Å². The highest BCUT2D eigenvalue weighted by atomic mass is 79.9. The van der Waals surface area contributed by atoms with Crippen molar-refractivity contribution in [3.63, 3.8) is 0 Å². The molecule has 1 aromatic rings. The molecule has 1 aromatic carbocycles. The van der Waals surface area contributed by atoms with Crippen LogP contribution in [0.15, 0.2) is 24.3 Å².